The van der Waals surface area contributed by atoms with E-state index >= 15 is 0 Å². The third-order valence-electron chi connectivity index (χ3n) is 2.33. The van der Waals surface area contributed by atoms with Crippen LogP contribution in [0.25, 0.3) is 0 Å². The van der Waals surface area contributed by atoms with Gasteiger partial charge >= 0.3 is 0 Å². The molecule has 0 aliphatic heterocycles. The Bertz CT molecular complexity index is 379. The predicted octanol–water partition coefficient (Wildman–Crippen LogP) is 3.58. The van der Waals surface area contributed by atoms with Crippen molar-refractivity contribution in [1.29, 1.82) is 0 Å². The zero-order valence-corrected chi connectivity index (χ0v) is 12.1. The molecule has 0 saturated carbocycles. The molecule has 16 heavy (non-hydrogen) atoms. The van der Waals surface area contributed by atoms with E-state index in [0.717, 1.165) is 22.2 Å². The van der Waals surface area contributed by atoms with E-state index in [2.05, 4.69) is 29.8 Å². The van der Waals surface area contributed by atoms with Gasteiger partial charge in [0.1, 0.15) is 0 Å². The minimum atomic E-state index is -0.977. The Hall–Kier alpha value is -0.350. The molecule has 0 saturated heterocycles. The van der Waals surface area contributed by atoms with Crippen LogP contribution >= 0.6 is 15.9 Å². The summed E-state index contributed by atoms with van der Waals surface area (Å²) in [6.07, 6.45) is 2.09. The van der Waals surface area contributed by atoms with E-state index in [0.29, 0.717) is 17.4 Å². The van der Waals surface area contributed by atoms with Crippen LogP contribution in [0.2, 0.25) is 0 Å². The Kier molecular flexibility index (Phi) is 5.49. The molecule has 4 heteroatoms. The smallest absolute Gasteiger partial charge is 0.0628 e. The number of benzene rings is 1. The highest BCUT2D eigenvalue weighted by Gasteiger charge is 2.08. The van der Waals surface area contributed by atoms with E-state index in [9.17, 15) is 4.21 Å². The van der Waals surface area contributed by atoms with Crippen LogP contribution in [0, 0.1) is 5.92 Å². The van der Waals surface area contributed by atoms with Crippen molar-refractivity contribution in [3.05, 3.63) is 22.7 Å². The van der Waals surface area contributed by atoms with Gasteiger partial charge in [-0.3, -0.25) is 4.21 Å². The molecule has 0 aliphatic carbocycles. The molecule has 0 aliphatic rings. The van der Waals surface area contributed by atoms with Crippen LogP contribution in [0.5, 0.6) is 0 Å². The molecule has 90 valence electrons. The predicted molar refractivity (Wildman–Crippen MR) is 73.9 cm³/mol. The number of anilines is 1. The fourth-order valence-corrected chi connectivity index (χ4v) is 3.19. The van der Waals surface area contributed by atoms with Gasteiger partial charge in [-0.05, 0) is 30.5 Å². The molecule has 1 unspecified atom stereocenters. The summed E-state index contributed by atoms with van der Waals surface area (Å²) in [6.45, 7) is 4.35. The van der Waals surface area contributed by atoms with Gasteiger partial charge in [0.25, 0.3) is 0 Å². The van der Waals surface area contributed by atoms with E-state index in [1.165, 1.54) is 0 Å². The monoisotopic (exact) mass is 303 g/mol. The van der Waals surface area contributed by atoms with Crippen LogP contribution in [-0.4, -0.2) is 9.96 Å². The first-order chi connectivity index (χ1) is 7.50. The molecule has 2 nitrogen and oxygen atoms in total. The van der Waals surface area contributed by atoms with Crippen LogP contribution in [-0.2, 0) is 10.8 Å². The summed E-state index contributed by atoms with van der Waals surface area (Å²) in [5, 5.41) is 0. The zero-order valence-electron chi connectivity index (χ0n) is 9.70. The highest BCUT2D eigenvalue weighted by atomic mass is 79.9. The van der Waals surface area contributed by atoms with Gasteiger partial charge in [0.2, 0.25) is 0 Å². The van der Waals surface area contributed by atoms with Crippen molar-refractivity contribution in [3.63, 3.8) is 0 Å². The van der Waals surface area contributed by atoms with Crippen molar-refractivity contribution in [3.8, 4) is 0 Å². The molecule has 0 aromatic heterocycles. The molecular weight excluding hydrogens is 286 g/mol. The number of nitrogen functional groups attached to an aromatic ring is 1. The third kappa shape index (κ3) is 4.26. The molecule has 0 fully saturated rings. The van der Waals surface area contributed by atoms with Crippen molar-refractivity contribution in [1.82, 2.24) is 0 Å². The van der Waals surface area contributed by atoms with E-state index in [1.54, 1.807) is 6.07 Å². The lowest BCUT2D eigenvalue weighted by Crippen LogP contribution is -2.03. The van der Waals surface area contributed by atoms with Gasteiger partial charge in [0.15, 0.2) is 0 Å². The fraction of sp³-hybridized carbons (Fsp3) is 0.500. The van der Waals surface area contributed by atoms with Crippen molar-refractivity contribution < 1.29 is 4.21 Å². The first kappa shape index (κ1) is 13.7. The second-order valence-electron chi connectivity index (χ2n) is 4.27. The van der Waals surface area contributed by atoms with Crippen molar-refractivity contribution in [2.24, 2.45) is 5.92 Å². The summed E-state index contributed by atoms with van der Waals surface area (Å²) in [5.74, 6) is 1.36. The summed E-state index contributed by atoms with van der Waals surface area (Å²) in [6, 6.07) is 5.50. The summed E-state index contributed by atoms with van der Waals surface area (Å²) < 4.78 is 12.9. The summed E-state index contributed by atoms with van der Waals surface area (Å²) in [4.78, 5) is 0.748. The number of halogens is 1. The second kappa shape index (κ2) is 6.40. The van der Waals surface area contributed by atoms with Gasteiger partial charge in [0, 0.05) is 15.9 Å². The van der Waals surface area contributed by atoms with Gasteiger partial charge in [-0.2, -0.15) is 0 Å². The van der Waals surface area contributed by atoms with Gasteiger partial charge in [-0.25, -0.2) is 0 Å². The Morgan fingerprint density at radius 3 is 2.75 bits per heavy atom. The fourth-order valence-electron chi connectivity index (χ4n) is 1.44. The first-order valence-electron chi connectivity index (χ1n) is 5.44. The van der Waals surface area contributed by atoms with Crippen LogP contribution in [0.3, 0.4) is 0 Å². The van der Waals surface area contributed by atoms with Crippen LogP contribution in [0.1, 0.15) is 26.7 Å². The lowest BCUT2D eigenvalue weighted by Gasteiger charge is -2.07. The van der Waals surface area contributed by atoms with Crippen molar-refractivity contribution >= 4 is 32.4 Å². The summed E-state index contributed by atoms with van der Waals surface area (Å²) in [5.41, 5.74) is 6.42. The quantitative estimate of drug-likeness (QED) is 0.845. The third-order valence-corrected chi connectivity index (χ3v) is 4.33. The van der Waals surface area contributed by atoms with Crippen LogP contribution < -0.4 is 5.73 Å². The standard InChI is InChI=1S/C12H18BrNOS/c1-9(2)4-3-7-16(15)12-8-10(13)5-6-11(12)14/h5-6,8-9H,3-4,7,14H2,1-2H3. The maximum Gasteiger partial charge on any atom is 0.0628 e. The Morgan fingerprint density at radius 1 is 1.44 bits per heavy atom. The molecule has 0 amide bonds. The molecule has 0 heterocycles. The van der Waals surface area contributed by atoms with Crippen LogP contribution in [0.4, 0.5) is 5.69 Å². The lowest BCUT2D eigenvalue weighted by molar-refractivity contribution is 0.575. The molecule has 1 aromatic carbocycles. The van der Waals surface area contributed by atoms with Gasteiger partial charge < -0.3 is 5.73 Å². The van der Waals surface area contributed by atoms with E-state index in [1.807, 2.05) is 12.1 Å². The highest BCUT2D eigenvalue weighted by molar-refractivity contribution is 9.10. The average molecular weight is 304 g/mol. The molecule has 0 spiro atoms. The largest absolute Gasteiger partial charge is 0.398 e. The molecule has 1 aromatic rings. The summed E-state index contributed by atoms with van der Waals surface area (Å²) in [7, 11) is -0.977. The molecule has 2 N–H and O–H groups in total. The van der Waals surface area contributed by atoms with E-state index in [-0.39, 0.29) is 0 Å². The number of hydrogen-bond donors (Lipinski definition) is 1. The maximum atomic E-state index is 12.0. The van der Waals surface area contributed by atoms with Gasteiger partial charge in [-0.15, -0.1) is 0 Å². The molecule has 1 atom stereocenters. The first-order valence-corrected chi connectivity index (χ1v) is 7.55. The maximum absolute atomic E-state index is 12.0. The average Bonchev–Trinajstić information content (AvgIpc) is 2.21. The second-order valence-corrected chi connectivity index (χ2v) is 6.72. The lowest BCUT2D eigenvalue weighted by atomic mass is 10.1. The highest BCUT2D eigenvalue weighted by Crippen LogP contribution is 2.22. The van der Waals surface area contributed by atoms with E-state index < -0.39 is 10.8 Å². The molecular formula is C12H18BrNOS. The minimum absolute atomic E-state index is 0.617. The number of hydrogen-bond acceptors (Lipinski definition) is 2. The number of rotatable bonds is 5. The molecule has 0 radical (unpaired) electrons. The normalized spacial score (nSPS) is 13.0. The SMILES string of the molecule is CC(C)CCCS(=O)c1cc(Br)ccc1N. The Balaban J connectivity index is 2.62. The van der Waals surface area contributed by atoms with Crippen molar-refractivity contribution in [2.45, 2.75) is 31.6 Å². The Morgan fingerprint density at radius 2 is 2.12 bits per heavy atom. The van der Waals surface area contributed by atoms with Gasteiger partial charge in [0.05, 0.1) is 15.7 Å². The topological polar surface area (TPSA) is 43.1 Å². The summed E-state index contributed by atoms with van der Waals surface area (Å²) >= 11 is 3.37. The van der Waals surface area contributed by atoms with Crippen LogP contribution in [0.15, 0.2) is 27.6 Å². The Labute approximate surface area is 108 Å². The van der Waals surface area contributed by atoms with Crippen molar-refractivity contribution in [2.75, 3.05) is 11.5 Å². The minimum Gasteiger partial charge on any atom is -0.398 e. The number of nitrogens with two attached hydrogens (primary N) is 1. The van der Waals surface area contributed by atoms with E-state index in [4.69, 9.17) is 5.73 Å². The van der Waals surface area contributed by atoms with Gasteiger partial charge in [-0.1, -0.05) is 36.2 Å². The zero-order chi connectivity index (χ0) is 12.1. The molecule has 0 bridgehead atoms. The molecule has 1 rings (SSSR count).